The molecule has 2 aliphatic rings. The Labute approximate surface area is 118 Å². The molecule has 2 saturated heterocycles. The van der Waals surface area contributed by atoms with Crippen LogP contribution >= 0.6 is 11.8 Å². The van der Waals surface area contributed by atoms with Gasteiger partial charge in [0.05, 0.1) is 11.8 Å². The van der Waals surface area contributed by atoms with E-state index in [0.717, 1.165) is 38.6 Å². The quantitative estimate of drug-likeness (QED) is 0.829. The monoisotopic (exact) mass is 280 g/mol. The van der Waals surface area contributed by atoms with E-state index in [-0.39, 0.29) is 5.91 Å². The molecule has 0 aliphatic carbocycles. The summed E-state index contributed by atoms with van der Waals surface area (Å²) in [4.78, 5) is 16.8. The molecule has 3 rings (SSSR count). The van der Waals surface area contributed by atoms with Crippen molar-refractivity contribution in [1.29, 1.82) is 0 Å². The lowest BCUT2D eigenvalue weighted by Gasteiger charge is -2.26. The van der Waals surface area contributed by atoms with Crippen molar-refractivity contribution in [2.45, 2.75) is 18.9 Å². The lowest BCUT2D eigenvalue weighted by molar-refractivity contribution is 0.0758. The Morgan fingerprint density at radius 3 is 3.00 bits per heavy atom. The highest BCUT2D eigenvalue weighted by Gasteiger charge is 2.26. The SMILES string of the molecule is O=C(c1ccoc1)N1CCCN([C@@H]2CCSC2)CC1. The van der Waals surface area contributed by atoms with Crippen LogP contribution in [0.3, 0.4) is 0 Å². The number of nitrogens with zero attached hydrogens (tertiary/aromatic N) is 2. The van der Waals surface area contributed by atoms with Gasteiger partial charge in [-0.1, -0.05) is 0 Å². The molecule has 1 amide bonds. The van der Waals surface area contributed by atoms with Crippen molar-refractivity contribution < 1.29 is 9.21 Å². The Hall–Kier alpha value is -0.940. The van der Waals surface area contributed by atoms with E-state index in [2.05, 4.69) is 16.7 Å². The van der Waals surface area contributed by atoms with Crippen LogP contribution in [0.4, 0.5) is 0 Å². The zero-order valence-corrected chi connectivity index (χ0v) is 11.9. The number of hydrogen-bond acceptors (Lipinski definition) is 4. The van der Waals surface area contributed by atoms with Crippen LogP contribution in [0.15, 0.2) is 23.0 Å². The Kier molecular flexibility index (Phi) is 4.13. The molecule has 3 heterocycles. The van der Waals surface area contributed by atoms with E-state index in [1.807, 2.05) is 4.90 Å². The van der Waals surface area contributed by atoms with Gasteiger partial charge in [0.25, 0.3) is 5.91 Å². The van der Waals surface area contributed by atoms with Crippen LogP contribution in [0.1, 0.15) is 23.2 Å². The highest BCUT2D eigenvalue weighted by molar-refractivity contribution is 7.99. The van der Waals surface area contributed by atoms with E-state index in [0.29, 0.717) is 5.56 Å². The largest absolute Gasteiger partial charge is 0.472 e. The summed E-state index contributed by atoms with van der Waals surface area (Å²) < 4.78 is 5.00. The molecule has 1 atom stereocenters. The van der Waals surface area contributed by atoms with Crippen molar-refractivity contribution in [2.75, 3.05) is 37.7 Å². The molecule has 19 heavy (non-hydrogen) atoms. The van der Waals surface area contributed by atoms with E-state index in [1.54, 1.807) is 18.6 Å². The first-order valence-corrected chi connectivity index (χ1v) is 8.13. The minimum absolute atomic E-state index is 0.108. The summed E-state index contributed by atoms with van der Waals surface area (Å²) in [5, 5.41) is 0. The fourth-order valence-corrected chi connectivity index (χ4v) is 4.14. The molecule has 0 saturated carbocycles. The van der Waals surface area contributed by atoms with Crippen molar-refractivity contribution in [3.8, 4) is 0 Å². The molecular weight excluding hydrogens is 260 g/mol. The normalized spacial score (nSPS) is 25.5. The molecule has 0 N–H and O–H groups in total. The van der Waals surface area contributed by atoms with Crippen LogP contribution in [0.25, 0.3) is 0 Å². The Bertz CT molecular complexity index is 415. The summed E-state index contributed by atoms with van der Waals surface area (Å²) in [7, 11) is 0. The molecule has 1 aromatic rings. The van der Waals surface area contributed by atoms with E-state index in [9.17, 15) is 4.79 Å². The van der Waals surface area contributed by atoms with Gasteiger partial charge in [0.2, 0.25) is 0 Å². The third kappa shape index (κ3) is 2.98. The van der Waals surface area contributed by atoms with Gasteiger partial charge in [-0.05, 0) is 24.7 Å². The summed E-state index contributed by atoms with van der Waals surface area (Å²) in [6.07, 6.45) is 5.48. The topological polar surface area (TPSA) is 36.7 Å². The first kappa shape index (κ1) is 13.1. The smallest absolute Gasteiger partial charge is 0.257 e. The molecule has 104 valence electrons. The van der Waals surface area contributed by atoms with Gasteiger partial charge in [0.1, 0.15) is 6.26 Å². The van der Waals surface area contributed by atoms with Gasteiger partial charge in [-0.3, -0.25) is 9.69 Å². The van der Waals surface area contributed by atoms with Crippen LogP contribution in [-0.2, 0) is 0 Å². The van der Waals surface area contributed by atoms with Crippen LogP contribution in [0.2, 0.25) is 0 Å². The Morgan fingerprint density at radius 2 is 2.26 bits per heavy atom. The molecule has 2 fully saturated rings. The van der Waals surface area contributed by atoms with E-state index >= 15 is 0 Å². The summed E-state index contributed by atoms with van der Waals surface area (Å²) in [5.41, 5.74) is 0.671. The molecule has 2 aliphatic heterocycles. The average molecular weight is 280 g/mol. The average Bonchev–Trinajstić information content (AvgIpc) is 3.08. The van der Waals surface area contributed by atoms with Crippen molar-refractivity contribution in [2.24, 2.45) is 0 Å². The minimum Gasteiger partial charge on any atom is -0.472 e. The predicted octanol–water partition coefficient (Wildman–Crippen LogP) is 1.93. The van der Waals surface area contributed by atoms with Crippen molar-refractivity contribution in [3.63, 3.8) is 0 Å². The van der Waals surface area contributed by atoms with Gasteiger partial charge in [-0.2, -0.15) is 11.8 Å². The number of hydrogen-bond donors (Lipinski definition) is 0. The third-order valence-corrected chi connectivity index (χ3v) is 5.15. The zero-order chi connectivity index (χ0) is 13.1. The van der Waals surface area contributed by atoms with Crippen LogP contribution in [0.5, 0.6) is 0 Å². The van der Waals surface area contributed by atoms with Gasteiger partial charge in [-0.15, -0.1) is 0 Å². The Morgan fingerprint density at radius 1 is 1.32 bits per heavy atom. The lowest BCUT2D eigenvalue weighted by atomic mass is 10.2. The van der Waals surface area contributed by atoms with E-state index < -0.39 is 0 Å². The number of carbonyl (C=O) groups is 1. The van der Waals surface area contributed by atoms with Crippen molar-refractivity contribution in [3.05, 3.63) is 24.2 Å². The zero-order valence-electron chi connectivity index (χ0n) is 11.1. The van der Waals surface area contributed by atoms with Crippen LogP contribution in [0, 0.1) is 0 Å². The van der Waals surface area contributed by atoms with Crippen molar-refractivity contribution in [1.82, 2.24) is 9.80 Å². The maximum Gasteiger partial charge on any atom is 0.257 e. The second kappa shape index (κ2) is 6.01. The van der Waals surface area contributed by atoms with E-state index in [4.69, 9.17) is 4.42 Å². The third-order valence-electron chi connectivity index (χ3n) is 4.01. The maximum absolute atomic E-state index is 12.3. The molecule has 0 aromatic carbocycles. The first-order chi connectivity index (χ1) is 9.34. The fourth-order valence-electron chi connectivity index (χ4n) is 2.88. The van der Waals surface area contributed by atoms with Gasteiger partial charge in [0.15, 0.2) is 0 Å². The highest BCUT2D eigenvalue weighted by Crippen LogP contribution is 2.23. The first-order valence-electron chi connectivity index (χ1n) is 6.98. The van der Waals surface area contributed by atoms with Crippen LogP contribution in [-0.4, -0.2) is 59.4 Å². The highest BCUT2D eigenvalue weighted by atomic mass is 32.2. The van der Waals surface area contributed by atoms with Gasteiger partial charge in [0, 0.05) is 38.0 Å². The predicted molar refractivity (Wildman–Crippen MR) is 76.5 cm³/mol. The fraction of sp³-hybridized carbons (Fsp3) is 0.643. The van der Waals surface area contributed by atoms with Crippen molar-refractivity contribution >= 4 is 17.7 Å². The minimum atomic E-state index is 0.108. The summed E-state index contributed by atoms with van der Waals surface area (Å²) in [6, 6.07) is 2.48. The summed E-state index contributed by atoms with van der Waals surface area (Å²) >= 11 is 2.05. The number of rotatable bonds is 2. The molecule has 0 unspecified atom stereocenters. The molecule has 0 spiro atoms. The number of furan rings is 1. The molecule has 4 nitrogen and oxygen atoms in total. The second-order valence-electron chi connectivity index (χ2n) is 5.21. The van der Waals surface area contributed by atoms with Gasteiger partial charge in [-0.25, -0.2) is 0 Å². The van der Waals surface area contributed by atoms with Crippen LogP contribution < -0.4 is 0 Å². The lowest BCUT2D eigenvalue weighted by Crippen LogP contribution is -2.39. The number of carbonyl (C=O) groups excluding carboxylic acids is 1. The number of amides is 1. The summed E-state index contributed by atoms with van der Waals surface area (Å²) in [6.45, 7) is 3.83. The molecule has 0 bridgehead atoms. The molecule has 5 heteroatoms. The Balaban J connectivity index is 1.59. The molecule has 0 radical (unpaired) electrons. The molecule has 1 aromatic heterocycles. The second-order valence-corrected chi connectivity index (χ2v) is 6.36. The summed E-state index contributed by atoms with van der Waals surface area (Å²) in [5.74, 6) is 2.66. The standard InChI is InChI=1S/C14H20N2O2S/c17-14(12-2-8-18-10-12)16-5-1-4-15(6-7-16)13-3-9-19-11-13/h2,8,10,13H,1,3-7,9,11H2/t13-/m1/s1. The van der Waals surface area contributed by atoms with E-state index in [1.165, 1.54) is 17.9 Å². The van der Waals surface area contributed by atoms with Gasteiger partial charge < -0.3 is 9.32 Å². The molecular formula is C14H20N2O2S. The maximum atomic E-state index is 12.3. The number of thioether (sulfide) groups is 1. The van der Waals surface area contributed by atoms with Gasteiger partial charge >= 0.3 is 0 Å².